The highest BCUT2D eigenvalue weighted by Crippen LogP contribution is 2.36. The Balaban J connectivity index is 1.73. The summed E-state index contributed by atoms with van der Waals surface area (Å²) in [5.41, 5.74) is 7.85. The molecule has 1 unspecified atom stereocenters. The van der Waals surface area contributed by atoms with E-state index in [4.69, 9.17) is 10.5 Å². The average Bonchev–Trinajstić information content (AvgIpc) is 2.70. The fraction of sp³-hybridized carbons (Fsp3) is 0.500. The van der Waals surface area contributed by atoms with Crippen molar-refractivity contribution in [3.05, 3.63) is 28.2 Å². The van der Waals surface area contributed by atoms with E-state index >= 15 is 0 Å². The molecule has 1 amide bonds. The third-order valence-electron chi connectivity index (χ3n) is 3.89. The van der Waals surface area contributed by atoms with Crippen LogP contribution in [0.1, 0.15) is 11.6 Å². The number of ether oxygens (including phenoxy) is 1. The predicted molar refractivity (Wildman–Crippen MR) is 80.7 cm³/mol. The number of amides is 1. The first-order valence-electron chi connectivity index (χ1n) is 6.83. The van der Waals surface area contributed by atoms with E-state index in [1.54, 1.807) is 4.90 Å². The summed E-state index contributed by atoms with van der Waals surface area (Å²) in [4.78, 5) is 16.4. The van der Waals surface area contributed by atoms with Gasteiger partial charge in [0.15, 0.2) is 0 Å². The van der Waals surface area contributed by atoms with Crippen LogP contribution < -0.4 is 10.6 Å². The number of fused-ring (bicyclic) bond motifs is 1. The summed E-state index contributed by atoms with van der Waals surface area (Å²) in [7, 11) is 0. The van der Waals surface area contributed by atoms with Crippen molar-refractivity contribution in [2.24, 2.45) is 5.73 Å². The van der Waals surface area contributed by atoms with E-state index in [2.05, 4.69) is 20.8 Å². The number of nitrogens with two attached hydrogens (primary N) is 1. The van der Waals surface area contributed by atoms with Crippen molar-refractivity contribution in [2.75, 3.05) is 44.3 Å². The van der Waals surface area contributed by atoms with Gasteiger partial charge in [0.05, 0.1) is 18.9 Å². The molecule has 2 aliphatic heterocycles. The number of hydrogen-bond donors (Lipinski definition) is 1. The van der Waals surface area contributed by atoms with Gasteiger partial charge in [0, 0.05) is 36.2 Å². The quantitative estimate of drug-likeness (QED) is 0.896. The van der Waals surface area contributed by atoms with Crippen LogP contribution >= 0.6 is 15.9 Å². The molecule has 20 heavy (non-hydrogen) atoms. The number of halogens is 1. The van der Waals surface area contributed by atoms with E-state index in [9.17, 15) is 4.79 Å². The molecule has 1 fully saturated rings. The standard InChI is InChI=1S/C14H18BrN3O2/c15-10-1-2-11-12(9-10)18(14(19)13(11)16)4-3-17-5-7-20-8-6-17/h1-2,9,13H,3-8,16H2. The maximum atomic E-state index is 12.3. The van der Waals surface area contributed by atoms with Crippen molar-refractivity contribution in [2.45, 2.75) is 6.04 Å². The SMILES string of the molecule is NC1C(=O)N(CCN2CCOCC2)c2cc(Br)ccc21. The van der Waals surface area contributed by atoms with E-state index in [0.29, 0.717) is 6.54 Å². The molecule has 2 heterocycles. The van der Waals surface area contributed by atoms with E-state index < -0.39 is 6.04 Å². The highest BCUT2D eigenvalue weighted by atomic mass is 79.9. The Labute approximate surface area is 126 Å². The van der Waals surface area contributed by atoms with Crippen LogP contribution in [0.2, 0.25) is 0 Å². The number of morpholine rings is 1. The maximum absolute atomic E-state index is 12.3. The highest BCUT2D eigenvalue weighted by molar-refractivity contribution is 9.10. The van der Waals surface area contributed by atoms with Gasteiger partial charge >= 0.3 is 0 Å². The highest BCUT2D eigenvalue weighted by Gasteiger charge is 2.34. The molecule has 6 heteroatoms. The Hall–Kier alpha value is -0.950. The fourth-order valence-electron chi connectivity index (χ4n) is 2.73. The molecular weight excluding hydrogens is 322 g/mol. The first-order chi connectivity index (χ1) is 9.66. The Bertz CT molecular complexity index is 517. The van der Waals surface area contributed by atoms with Crippen molar-refractivity contribution in [1.82, 2.24) is 4.90 Å². The zero-order valence-corrected chi connectivity index (χ0v) is 12.8. The Morgan fingerprint density at radius 2 is 2.05 bits per heavy atom. The molecule has 0 saturated carbocycles. The van der Waals surface area contributed by atoms with Crippen molar-refractivity contribution in [1.29, 1.82) is 0 Å². The van der Waals surface area contributed by atoms with Crippen LogP contribution in [0.5, 0.6) is 0 Å². The summed E-state index contributed by atoms with van der Waals surface area (Å²) in [6.45, 7) is 4.94. The van der Waals surface area contributed by atoms with E-state index in [0.717, 1.165) is 48.6 Å². The largest absolute Gasteiger partial charge is 0.379 e. The zero-order chi connectivity index (χ0) is 14.1. The molecule has 0 radical (unpaired) electrons. The normalized spacial score (nSPS) is 23.2. The summed E-state index contributed by atoms with van der Waals surface area (Å²) in [6, 6.07) is 5.30. The topological polar surface area (TPSA) is 58.8 Å². The van der Waals surface area contributed by atoms with Gasteiger partial charge in [-0.25, -0.2) is 0 Å². The Morgan fingerprint density at radius 3 is 2.80 bits per heavy atom. The molecule has 5 nitrogen and oxygen atoms in total. The van der Waals surface area contributed by atoms with Gasteiger partial charge in [0.1, 0.15) is 6.04 Å². The lowest BCUT2D eigenvalue weighted by Crippen LogP contribution is -2.43. The molecule has 1 aromatic carbocycles. The molecule has 0 spiro atoms. The predicted octanol–water partition coefficient (Wildman–Crippen LogP) is 1.13. The number of nitrogens with zero attached hydrogens (tertiary/aromatic N) is 2. The van der Waals surface area contributed by atoms with Gasteiger partial charge in [0.2, 0.25) is 5.91 Å². The summed E-state index contributed by atoms with van der Waals surface area (Å²) in [6.07, 6.45) is 0. The second kappa shape index (κ2) is 5.81. The van der Waals surface area contributed by atoms with Crippen molar-refractivity contribution in [3.8, 4) is 0 Å². The average molecular weight is 340 g/mol. The molecule has 108 valence electrons. The van der Waals surface area contributed by atoms with Crippen LogP contribution in [-0.4, -0.2) is 50.2 Å². The molecule has 3 rings (SSSR count). The van der Waals surface area contributed by atoms with Crippen LogP contribution in [0.15, 0.2) is 22.7 Å². The monoisotopic (exact) mass is 339 g/mol. The van der Waals surface area contributed by atoms with E-state index in [1.165, 1.54) is 0 Å². The molecule has 1 aromatic rings. The van der Waals surface area contributed by atoms with Crippen molar-refractivity contribution in [3.63, 3.8) is 0 Å². The van der Waals surface area contributed by atoms with Crippen molar-refractivity contribution < 1.29 is 9.53 Å². The summed E-state index contributed by atoms with van der Waals surface area (Å²) in [5, 5.41) is 0. The molecule has 1 atom stereocenters. The molecule has 0 bridgehead atoms. The van der Waals surface area contributed by atoms with Gasteiger partial charge in [-0.15, -0.1) is 0 Å². The molecule has 2 N–H and O–H groups in total. The number of carbonyl (C=O) groups excluding carboxylic acids is 1. The van der Waals surface area contributed by atoms with Gasteiger partial charge in [0.25, 0.3) is 0 Å². The minimum Gasteiger partial charge on any atom is -0.379 e. The first kappa shape index (κ1) is 14.0. The first-order valence-corrected chi connectivity index (χ1v) is 7.62. The smallest absolute Gasteiger partial charge is 0.248 e. The molecule has 0 aliphatic carbocycles. The molecular formula is C14H18BrN3O2. The summed E-state index contributed by atoms with van der Waals surface area (Å²) < 4.78 is 6.30. The molecule has 0 aromatic heterocycles. The van der Waals surface area contributed by atoms with Gasteiger partial charge in [-0.1, -0.05) is 22.0 Å². The Morgan fingerprint density at radius 1 is 1.30 bits per heavy atom. The molecule has 1 saturated heterocycles. The minimum absolute atomic E-state index is 0.00800. The number of carbonyl (C=O) groups is 1. The van der Waals surface area contributed by atoms with Gasteiger partial charge in [-0.05, 0) is 12.1 Å². The van der Waals surface area contributed by atoms with E-state index in [1.807, 2.05) is 18.2 Å². The Kier molecular flexibility index (Phi) is 4.07. The third-order valence-corrected chi connectivity index (χ3v) is 4.39. The van der Waals surface area contributed by atoms with Gasteiger partial charge in [-0.3, -0.25) is 9.69 Å². The molecule has 2 aliphatic rings. The van der Waals surface area contributed by atoms with Crippen LogP contribution in [0.25, 0.3) is 0 Å². The van der Waals surface area contributed by atoms with Crippen LogP contribution in [0.4, 0.5) is 5.69 Å². The van der Waals surface area contributed by atoms with Gasteiger partial charge in [-0.2, -0.15) is 0 Å². The zero-order valence-electron chi connectivity index (χ0n) is 11.2. The minimum atomic E-state index is -0.525. The van der Waals surface area contributed by atoms with E-state index in [-0.39, 0.29) is 5.91 Å². The lowest BCUT2D eigenvalue weighted by molar-refractivity contribution is -0.119. The number of rotatable bonds is 3. The second-order valence-corrected chi connectivity index (χ2v) is 6.04. The maximum Gasteiger partial charge on any atom is 0.248 e. The van der Waals surface area contributed by atoms with Gasteiger partial charge < -0.3 is 15.4 Å². The second-order valence-electron chi connectivity index (χ2n) is 5.12. The van der Waals surface area contributed by atoms with Crippen LogP contribution in [0.3, 0.4) is 0 Å². The van der Waals surface area contributed by atoms with Crippen molar-refractivity contribution >= 4 is 27.5 Å². The van der Waals surface area contributed by atoms with Crippen LogP contribution in [-0.2, 0) is 9.53 Å². The lowest BCUT2D eigenvalue weighted by atomic mass is 10.1. The summed E-state index contributed by atoms with van der Waals surface area (Å²) >= 11 is 3.45. The number of benzene rings is 1. The number of anilines is 1. The lowest BCUT2D eigenvalue weighted by Gasteiger charge is -2.28. The fourth-order valence-corrected chi connectivity index (χ4v) is 3.08. The third kappa shape index (κ3) is 2.61. The summed E-state index contributed by atoms with van der Waals surface area (Å²) in [5.74, 6) is -0.00800. The van der Waals surface area contributed by atoms with Crippen LogP contribution in [0, 0.1) is 0 Å². The number of hydrogen-bond acceptors (Lipinski definition) is 4.